The van der Waals surface area contributed by atoms with Crippen molar-refractivity contribution in [2.45, 2.75) is 58.8 Å². The molecule has 7 aromatic carbocycles. The third-order valence-corrected chi connectivity index (χ3v) is 12.9. The summed E-state index contributed by atoms with van der Waals surface area (Å²) in [5, 5.41) is 7.76. The average molecular weight is 754 g/mol. The number of benzene rings is 7. The quantitative estimate of drug-likeness (QED) is 0.115. The number of para-hydroxylation sites is 1. The Kier molecular flexibility index (Phi) is 8.91. The Morgan fingerprint density at radius 2 is 1.37 bits per heavy atom. The molecule has 9 aromatic rings. The van der Waals surface area contributed by atoms with Gasteiger partial charge in [-0.15, -0.1) is 11.3 Å². The van der Waals surface area contributed by atoms with E-state index in [1.807, 2.05) is 11.3 Å². The van der Waals surface area contributed by atoms with Gasteiger partial charge in [-0.25, -0.2) is 0 Å². The highest BCUT2D eigenvalue weighted by atomic mass is 32.1. The smallest absolute Gasteiger partial charge is 0.211 e. The number of anilines is 2. The van der Waals surface area contributed by atoms with Crippen LogP contribution in [0.3, 0.4) is 0 Å². The lowest BCUT2D eigenvalue weighted by atomic mass is 9.62. The molecule has 57 heavy (non-hydrogen) atoms. The lowest BCUT2D eigenvalue weighted by Gasteiger charge is -2.23. The van der Waals surface area contributed by atoms with Crippen LogP contribution in [0.4, 0.5) is 11.4 Å². The van der Waals surface area contributed by atoms with Crippen molar-refractivity contribution >= 4 is 72.1 Å². The van der Waals surface area contributed by atoms with Crippen LogP contribution in [0.15, 0.2) is 152 Å². The van der Waals surface area contributed by atoms with Crippen molar-refractivity contribution in [2.75, 3.05) is 5.32 Å². The summed E-state index contributed by atoms with van der Waals surface area (Å²) < 4.78 is 5.20. The molecule has 0 atom stereocenters. The molecule has 1 N–H and O–H groups in total. The molecular formula is C53H46BN2S. The molecule has 2 aromatic heterocycles. The maximum absolute atomic E-state index is 3.85. The first kappa shape index (κ1) is 35.6. The molecule has 0 fully saturated rings. The minimum absolute atomic E-state index is 0.00768. The lowest BCUT2D eigenvalue weighted by Crippen LogP contribution is -2.35. The number of nitrogens with zero attached hydrogens (tertiary/aromatic N) is 1. The first-order valence-corrected chi connectivity index (χ1v) is 21.3. The van der Waals surface area contributed by atoms with Gasteiger partial charge in [0.15, 0.2) is 0 Å². The number of hydrogen-bond acceptors (Lipinski definition) is 2. The highest BCUT2D eigenvalue weighted by Crippen LogP contribution is 2.46. The Morgan fingerprint density at radius 1 is 0.632 bits per heavy atom. The van der Waals surface area contributed by atoms with Crippen LogP contribution in [-0.4, -0.2) is 11.8 Å². The second-order valence-electron chi connectivity index (χ2n) is 16.7. The molecule has 0 aliphatic carbocycles. The fourth-order valence-corrected chi connectivity index (χ4v) is 9.96. The third kappa shape index (κ3) is 6.28. The third-order valence-electron chi connectivity index (χ3n) is 11.8. The van der Waals surface area contributed by atoms with Gasteiger partial charge in [-0.05, 0) is 116 Å². The molecule has 0 spiro atoms. The summed E-state index contributed by atoms with van der Waals surface area (Å²) in [6, 6.07) is 56.4. The van der Waals surface area contributed by atoms with Crippen molar-refractivity contribution < 1.29 is 0 Å². The number of fused-ring (bicyclic) bond motifs is 7. The summed E-state index contributed by atoms with van der Waals surface area (Å²) in [7, 11) is 2.49. The number of thiophene rings is 1. The van der Waals surface area contributed by atoms with Crippen molar-refractivity contribution in [1.82, 2.24) is 4.57 Å². The van der Waals surface area contributed by atoms with Crippen LogP contribution < -0.4 is 15.6 Å². The van der Waals surface area contributed by atoms with E-state index in [2.05, 4.69) is 197 Å². The Balaban J connectivity index is 1.25. The first-order valence-electron chi connectivity index (χ1n) is 20.5. The fourth-order valence-electron chi connectivity index (χ4n) is 8.84. The molecule has 0 saturated carbocycles. The van der Waals surface area contributed by atoms with Crippen molar-refractivity contribution in [2.24, 2.45) is 0 Å². The molecule has 1 radical (unpaired) electrons. The Hall–Kier alpha value is -5.84. The number of rotatable bonds is 9. The average Bonchev–Trinajstić information content (AvgIpc) is 3.78. The summed E-state index contributed by atoms with van der Waals surface area (Å²) in [6.45, 7) is 9.23. The molecule has 0 amide bonds. The molecule has 1 aliphatic rings. The highest BCUT2D eigenvalue weighted by Gasteiger charge is 2.32. The van der Waals surface area contributed by atoms with Gasteiger partial charge < -0.3 is 9.88 Å². The van der Waals surface area contributed by atoms with Crippen LogP contribution in [0, 0.1) is 0 Å². The molecule has 0 saturated heterocycles. The lowest BCUT2D eigenvalue weighted by molar-refractivity contribution is 0.591. The van der Waals surface area contributed by atoms with E-state index in [4.69, 9.17) is 0 Å². The monoisotopic (exact) mass is 753 g/mol. The number of unbranched alkanes of at least 4 members (excludes halogenated alkanes) is 2. The molecule has 3 heterocycles. The number of hydrogen-bond donors (Lipinski definition) is 1. The maximum atomic E-state index is 3.85. The predicted molar refractivity (Wildman–Crippen MR) is 249 cm³/mol. The fraction of sp³-hybridized carbons (Fsp3) is 0.170. The molecule has 10 rings (SSSR count). The standard InChI is InChI=1S/C53H46BN2S/c1-5-6-9-16-34-23-27-39(28-24-34)55-45-22-15-14-21-40(45)42-33-41(36-19-12-8-13-20-36)48-43-32-38(53(2,3)4)26-29-46(43)56-50-44-31-37(35-17-10-7-11-18-35)25-30-47(44)57-52(50)54-49(42)51(48)56/h7-8,10-15,17-33,55H,5-6,9,16H2,1-4H3. The summed E-state index contributed by atoms with van der Waals surface area (Å²) in [4.78, 5) is 0. The molecule has 2 nitrogen and oxygen atoms in total. The number of nitrogens with one attached hydrogen (secondary N) is 1. The van der Waals surface area contributed by atoms with Crippen molar-refractivity contribution in [3.05, 3.63) is 163 Å². The van der Waals surface area contributed by atoms with E-state index < -0.39 is 0 Å². The van der Waals surface area contributed by atoms with Gasteiger partial charge in [-0.2, -0.15) is 0 Å². The zero-order valence-corrected chi connectivity index (χ0v) is 34.0. The normalized spacial score (nSPS) is 12.3. The maximum Gasteiger partial charge on any atom is 0.211 e. The van der Waals surface area contributed by atoms with Gasteiger partial charge in [-0.3, -0.25) is 0 Å². The van der Waals surface area contributed by atoms with Gasteiger partial charge in [-0.1, -0.05) is 144 Å². The van der Waals surface area contributed by atoms with Gasteiger partial charge in [0.2, 0.25) is 7.28 Å². The van der Waals surface area contributed by atoms with Crippen LogP contribution in [0.2, 0.25) is 0 Å². The second-order valence-corrected chi connectivity index (χ2v) is 17.7. The molecule has 0 unspecified atom stereocenters. The predicted octanol–water partition coefficient (Wildman–Crippen LogP) is 13.7. The van der Waals surface area contributed by atoms with Crippen molar-refractivity contribution in [3.8, 4) is 39.1 Å². The van der Waals surface area contributed by atoms with Gasteiger partial charge in [0.1, 0.15) is 0 Å². The highest BCUT2D eigenvalue weighted by molar-refractivity contribution is 7.29. The summed E-state index contributed by atoms with van der Waals surface area (Å²) in [6.07, 6.45) is 4.88. The molecule has 0 bridgehead atoms. The summed E-state index contributed by atoms with van der Waals surface area (Å²) in [5.41, 5.74) is 17.4. The van der Waals surface area contributed by atoms with Gasteiger partial charge >= 0.3 is 0 Å². The zero-order valence-electron chi connectivity index (χ0n) is 33.2. The van der Waals surface area contributed by atoms with E-state index >= 15 is 0 Å². The van der Waals surface area contributed by atoms with Crippen molar-refractivity contribution in [1.29, 1.82) is 0 Å². The van der Waals surface area contributed by atoms with E-state index in [1.165, 1.54) is 112 Å². The first-order chi connectivity index (χ1) is 27.9. The van der Waals surface area contributed by atoms with Gasteiger partial charge in [0, 0.05) is 43.3 Å². The number of aromatic nitrogens is 1. The van der Waals surface area contributed by atoms with Crippen molar-refractivity contribution in [3.63, 3.8) is 0 Å². The van der Waals surface area contributed by atoms with Crippen LogP contribution in [-0.2, 0) is 11.8 Å². The zero-order chi connectivity index (χ0) is 38.7. The summed E-state index contributed by atoms with van der Waals surface area (Å²) in [5.74, 6) is 0. The van der Waals surface area contributed by atoms with E-state index in [0.717, 1.165) is 17.8 Å². The molecule has 277 valence electrons. The Morgan fingerprint density at radius 3 is 2.12 bits per heavy atom. The van der Waals surface area contributed by atoms with E-state index in [0.29, 0.717) is 0 Å². The van der Waals surface area contributed by atoms with Crippen LogP contribution in [0.1, 0.15) is 58.1 Å². The molecule has 1 aliphatic heterocycles. The van der Waals surface area contributed by atoms with Gasteiger partial charge in [0.25, 0.3) is 0 Å². The van der Waals surface area contributed by atoms with E-state index in [-0.39, 0.29) is 5.41 Å². The largest absolute Gasteiger partial charge is 0.355 e. The second kappa shape index (κ2) is 14.3. The topological polar surface area (TPSA) is 17.0 Å². The van der Waals surface area contributed by atoms with Crippen LogP contribution in [0.5, 0.6) is 0 Å². The molecular weight excluding hydrogens is 707 g/mol. The van der Waals surface area contributed by atoms with E-state index in [9.17, 15) is 0 Å². The Bertz CT molecular complexity index is 2930. The number of aryl methyl sites for hydroxylation is 1. The van der Waals surface area contributed by atoms with Gasteiger partial charge in [0.05, 0.1) is 11.2 Å². The van der Waals surface area contributed by atoms with E-state index in [1.54, 1.807) is 0 Å². The molecule has 4 heteroatoms. The van der Waals surface area contributed by atoms with Crippen LogP contribution in [0.25, 0.3) is 71.0 Å². The SMILES string of the molecule is CCCCCc1ccc(Nc2ccccc2-c2cc(-c3ccccc3)c3c4cc(C(C)(C)C)ccc4n4c3c2[B]c2sc3ccc(-c5ccccc5)cc3c2-4)cc1. The summed E-state index contributed by atoms with van der Waals surface area (Å²) >= 11 is 1.90. The van der Waals surface area contributed by atoms with Crippen LogP contribution >= 0.6 is 11.3 Å². The minimum atomic E-state index is 0.00768. The Labute approximate surface area is 341 Å². The minimum Gasteiger partial charge on any atom is -0.355 e.